The number of hydrogen-bond acceptors (Lipinski definition) is 5. The van der Waals surface area contributed by atoms with Crippen LogP contribution in [0.4, 0.5) is 4.79 Å². The molecule has 1 aliphatic rings. The van der Waals surface area contributed by atoms with Gasteiger partial charge in [0.15, 0.2) is 0 Å². The lowest BCUT2D eigenvalue weighted by Crippen LogP contribution is -2.39. The molecule has 0 bridgehead atoms. The lowest BCUT2D eigenvalue weighted by molar-refractivity contribution is 0.0599. The maximum atomic E-state index is 12.8. The first-order valence-corrected chi connectivity index (χ1v) is 9.48. The van der Waals surface area contributed by atoms with Gasteiger partial charge in [-0.15, -0.1) is 0 Å². The van der Waals surface area contributed by atoms with E-state index in [9.17, 15) is 9.59 Å². The molecule has 0 unspecified atom stereocenters. The maximum Gasteiger partial charge on any atom is 0.410 e. The molecule has 1 fully saturated rings. The van der Waals surface area contributed by atoms with Crippen LogP contribution in [0.5, 0.6) is 0 Å². The summed E-state index contributed by atoms with van der Waals surface area (Å²) in [6.45, 7) is 0.761. The van der Waals surface area contributed by atoms with Crippen molar-refractivity contribution in [3.8, 4) is 0 Å². The first kappa shape index (κ1) is 20.5. The zero-order valence-electron chi connectivity index (χ0n) is 16.7. The second kappa shape index (κ2) is 9.78. The SMILES string of the molecule is CO/C=C1/CCN(C(=O)OCc2ccccc2)[C@H](c2ccc(C(=O)OC)cc2)C1. The summed E-state index contributed by atoms with van der Waals surface area (Å²) < 4.78 is 15.5. The third kappa shape index (κ3) is 5.16. The van der Waals surface area contributed by atoms with Crippen molar-refractivity contribution in [2.45, 2.75) is 25.5 Å². The Morgan fingerprint density at radius 3 is 2.45 bits per heavy atom. The predicted octanol–water partition coefficient (Wildman–Crippen LogP) is 4.48. The van der Waals surface area contributed by atoms with Gasteiger partial charge in [-0.1, -0.05) is 42.5 Å². The van der Waals surface area contributed by atoms with Gasteiger partial charge in [-0.2, -0.15) is 0 Å². The highest BCUT2D eigenvalue weighted by Crippen LogP contribution is 2.34. The maximum absolute atomic E-state index is 12.8. The van der Waals surface area contributed by atoms with Crippen molar-refractivity contribution in [3.05, 3.63) is 83.1 Å². The van der Waals surface area contributed by atoms with Crippen LogP contribution in [-0.2, 0) is 20.8 Å². The van der Waals surface area contributed by atoms with Crippen molar-refractivity contribution >= 4 is 12.1 Å². The third-order valence-electron chi connectivity index (χ3n) is 4.95. The van der Waals surface area contributed by atoms with Crippen LogP contribution in [0.15, 0.2) is 66.4 Å². The van der Waals surface area contributed by atoms with E-state index in [1.807, 2.05) is 42.5 Å². The van der Waals surface area contributed by atoms with Gasteiger partial charge in [-0.05, 0) is 41.7 Å². The van der Waals surface area contributed by atoms with Crippen LogP contribution in [0.3, 0.4) is 0 Å². The number of nitrogens with zero attached hydrogens (tertiary/aromatic N) is 1. The van der Waals surface area contributed by atoms with E-state index in [0.29, 0.717) is 18.5 Å². The lowest BCUT2D eigenvalue weighted by atomic mass is 9.92. The third-order valence-corrected chi connectivity index (χ3v) is 4.95. The molecule has 0 aliphatic carbocycles. The summed E-state index contributed by atoms with van der Waals surface area (Å²) in [6, 6.07) is 16.5. The molecule has 1 atom stereocenters. The largest absolute Gasteiger partial charge is 0.504 e. The summed E-state index contributed by atoms with van der Waals surface area (Å²) >= 11 is 0. The number of amides is 1. The van der Waals surface area contributed by atoms with E-state index in [0.717, 1.165) is 23.1 Å². The van der Waals surface area contributed by atoms with E-state index in [4.69, 9.17) is 14.2 Å². The topological polar surface area (TPSA) is 65.1 Å². The molecular formula is C23H25NO5. The van der Waals surface area contributed by atoms with Gasteiger partial charge in [0.05, 0.1) is 32.1 Å². The monoisotopic (exact) mass is 395 g/mol. The Morgan fingerprint density at radius 2 is 1.79 bits per heavy atom. The molecular weight excluding hydrogens is 370 g/mol. The van der Waals surface area contributed by atoms with Gasteiger partial charge in [-0.25, -0.2) is 9.59 Å². The number of piperidine rings is 1. The van der Waals surface area contributed by atoms with Crippen LogP contribution in [0.1, 0.15) is 40.4 Å². The standard InChI is InChI=1S/C23H25NO5/c1-27-15-18-12-13-24(23(26)29-16-17-6-4-3-5-7-17)21(14-18)19-8-10-20(11-9-19)22(25)28-2/h3-11,15,21H,12-14,16H2,1-2H3/b18-15-/t21-/m0/s1. The number of benzene rings is 2. The van der Waals surface area contributed by atoms with Gasteiger partial charge in [0.2, 0.25) is 0 Å². The summed E-state index contributed by atoms with van der Waals surface area (Å²) in [7, 11) is 2.97. The van der Waals surface area contributed by atoms with Crippen LogP contribution in [0.2, 0.25) is 0 Å². The minimum atomic E-state index is -0.390. The van der Waals surface area contributed by atoms with Crippen molar-refractivity contribution in [1.82, 2.24) is 4.90 Å². The Labute approximate surface area is 170 Å². The Balaban J connectivity index is 1.77. The molecule has 3 rings (SSSR count). The zero-order valence-corrected chi connectivity index (χ0v) is 16.7. The number of rotatable bonds is 5. The van der Waals surface area contributed by atoms with Crippen molar-refractivity contribution in [1.29, 1.82) is 0 Å². The number of carbonyl (C=O) groups excluding carboxylic acids is 2. The normalized spacial score (nSPS) is 17.7. The molecule has 1 heterocycles. The van der Waals surface area contributed by atoms with E-state index >= 15 is 0 Å². The molecule has 2 aromatic carbocycles. The highest BCUT2D eigenvalue weighted by atomic mass is 16.6. The molecule has 152 valence electrons. The molecule has 29 heavy (non-hydrogen) atoms. The van der Waals surface area contributed by atoms with Crippen LogP contribution in [-0.4, -0.2) is 37.7 Å². The zero-order chi connectivity index (χ0) is 20.6. The van der Waals surface area contributed by atoms with Crippen LogP contribution in [0, 0.1) is 0 Å². The highest BCUT2D eigenvalue weighted by molar-refractivity contribution is 5.89. The number of methoxy groups -OCH3 is 2. The van der Waals surface area contributed by atoms with Gasteiger partial charge in [0.1, 0.15) is 6.61 Å². The molecule has 0 N–H and O–H groups in total. The number of esters is 1. The Morgan fingerprint density at radius 1 is 1.07 bits per heavy atom. The summed E-state index contributed by atoms with van der Waals surface area (Å²) in [5.41, 5.74) is 3.47. The molecule has 1 aliphatic heterocycles. The molecule has 0 radical (unpaired) electrons. The van der Waals surface area contributed by atoms with Gasteiger partial charge < -0.3 is 19.1 Å². The Bertz CT molecular complexity index is 861. The fourth-order valence-corrected chi connectivity index (χ4v) is 3.43. The smallest absolute Gasteiger partial charge is 0.410 e. The number of carbonyl (C=O) groups is 2. The molecule has 1 saturated heterocycles. The van der Waals surface area contributed by atoms with Crippen LogP contribution >= 0.6 is 0 Å². The second-order valence-corrected chi connectivity index (χ2v) is 6.83. The minimum Gasteiger partial charge on any atom is -0.504 e. The average molecular weight is 395 g/mol. The van der Waals surface area contributed by atoms with Crippen molar-refractivity contribution < 1.29 is 23.8 Å². The summed E-state index contributed by atoms with van der Waals surface area (Å²) in [5.74, 6) is -0.390. The summed E-state index contributed by atoms with van der Waals surface area (Å²) in [6.07, 6.45) is 2.76. The molecule has 0 spiro atoms. The van der Waals surface area contributed by atoms with E-state index < -0.39 is 0 Å². The molecule has 0 saturated carbocycles. The number of ether oxygens (including phenoxy) is 3. The summed E-state index contributed by atoms with van der Waals surface area (Å²) in [4.78, 5) is 26.3. The fourth-order valence-electron chi connectivity index (χ4n) is 3.43. The Hall–Kier alpha value is -3.28. The Kier molecular flexibility index (Phi) is 6.89. The van der Waals surface area contributed by atoms with Crippen LogP contribution < -0.4 is 0 Å². The number of hydrogen-bond donors (Lipinski definition) is 0. The summed E-state index contributed by atoms with van der Waals surface area (Å²) in [5, 5.41) is 0. The van der Waals surface area contributed by atoms with Crippen molar-refractivity contribution in [2.75, 3.05) is 20.8 Å². The first-order valence-electron chi connectivity index (χ1n) is 9.48. The van der Waals surface area contributed by atoms with E-state index in [-0.39, 0.29) is 24.7 Å². The quantitative estimate of drug-likeness (QED) is 0.552. The van der Waals surface area contributed by atoms with Gasteiger partial charge in [-0.3, -0.25) is 0 Å². The minimum absolute atomic E-state index is 0.194. The van der Waals surface area contributed by atoms with E-state index in [2.05, 4.69) is 0 Å². The fraction of sp³-hybridized carbons (Fsp3) is 0.304. The van der Waals surface area contributed by atoms with Gasteiger partial charge >= 0.3 is 12.1 Å². The number of likely N-dealkylation sites (tertiary alicyclic amines) is 1. The molecule has 2 aromatic rings. The second-order valence-electron chi connectivity index (χ2n) is 6.83. The van der Waals surface area contributed by atoms with Crippen molar-refractivity contribution in [3.63, 3.8) is 0 Å². The molecule has 6 nitrogen and oxygen atoms in total. The first-order chi connectivity index (χ1) is 14.1. The predicted molar refractivity (Wildman–Crippen MR) is 108 cm³/mol. The van der Waals surface area contributed by atoms with E-state index in [1.54, 1.807) is 30.4 Å². The molecule has 6 heteroatoms. The van der Waals surface area contributed by atoms with Gasteiger partial charge in [0.25, 0.3) is 0 Å². The lowest BCUT2D eigenvalue weighted by Gasteiger charge is -2.36. The highest BCUT2D eigenvalue weighted by Gasteiger charge is 2.31. The van der Waals surface area contributed by atoms with Crippen LogP contribution in [0.25, 0.3) is 0 Å². The average Bonchev–Trinajstić information content (AvgIpc) is 2.78. The molecule has 1 amide bonds. The van der Waals surface area contributed by atoms with Gasteiger partial charge in [0, 0.05) is 6.54 Å². The van der Waals surface area contributed by atoms with Crippen molar-refractivity contribution in [2.24, 2.45) is 0 Å². The van der Waals surface area contributed by atoms with E-state index in [1.165, 1.54) is 7.11 Å². The molecule has 0 aromatic heterocycles.